The molecule has 4 nitrogen and oxygen atoms in total. The number of hydrogen-bond donors (Lipinski definition) is 2. The quantitative estimate of drug-likeness (QED) is 0.370. The van der Waals surface area contributed by atoms with E-state index >= 15 is 0 Å². The van der Waals surface area contributed by atoms with E-state index in [4.69, 9.17) is 5.73 Å². The number of nitrogens with two attached hydrogens (primary N) is 1. The molecular weight excluding hydrogens is 363 g/mol. The van der Waals surface area contributed by atoms with Crippen LogP contribution in [0.2, 0.25) is 0 Å². The highest BCUT2D eigenvalue weighted by Crippen LogP contribution is 2.16. The van der Waals surface area contributed by atoms with Gasteiger partial charge in [0.25, 0.3) is 0 Å². The second-order valence-electron chi connectivity index (χ2n) is 4.50. The number of aromatic nitrogens is 1. The van der Waals surface area contributed by atoms with E-state index in [9.17, 15) is 0 Å². The van der Waals surface area contributed by atoms with Crippen LogP contribution in [-0.4, -0.2) is 17.5 Å². The predicted octanol–water partition coefficient (Wildman–Crippen LogP) is 2.83. The number of guanidine groups is 1. The zero-order chi connectivity index (χ0) is 13.7. The van der Waals surface area contributed by atoms with Gasteiger partial charge in [-0.15, -0.1) is 24.0 Å². The number of benzene rings is 1. The summed E-state index contributed by atoms with van der Waals surface area (Å²) in [5.74, 6) is 0.434. The van der Waals surface area contributed by atoms with Gasteiger partial charge in [-0.2, -0.15) is 0 Å². The molecule has 0 fully saturated rings. The topological polar surface area (TPSA) is 63.3 Å². The molecule has 0 unspecified atom stereocenters. The van der Waals surface area contributed by atoms with Gasteiger partial charge in [-0.3, -0.25) is 4.98 Å². The number of rotatable bonds is 4. The van der Waals surface area contributed by atoms with Crippen molar-refractivity contribution < 1.29 is 0 Å². The van der Waals surface area contributed by atoms with E-state index in [1.807, 2.05) is 37.3 Å². The highest BCUT2D eigenvalue weighted by molar-refractivity contribution is 14.0. The average Bonchev–Trinajstić information content (AvgIpc) is 2.42. The summed E-state index contributed by atoms with van der Waals surface area (Å²) in [5, 5.41) is 4.13. The number of para-hydroxylation sites is 1. The third-order valence-corrected chi connectivity index (χ3v) is 2.73. The van der Waals surface area contributed by atoms with E-state index in [-0.39, 0.29) is 24.0 Å². The lowest BCUT2D eigenvalue weighted by atomic mass is 10.1. The third-order valence-electron chi connectivity index (χ3n) is 2.73. The second kappa shape index (κ2) is 7.84. The van der Waals surface area contributed by atoms with Crippen molar-refractivity contribution in [2.24, 2.45) is 10.7 Å². The Kier molecular flexibility index (Phi) is 6.44. The summed E-state index contributed by atoms with van der Waals surface area (Å²) in [4.78, 5) is 8.65. The number of fused-ring (bicyclic) bond motifs is 1. The van der Waals surface area contributed by atoms with Crippen molar-refractivity contribution in [3.05, 3.63) is 54.2 Å². The molecule has 0 spiro atoms. The van der Waals surface area contributed by atoms with Crippen LogP contribution >= 0.6 is 24.0 Å². The first kappa shape index (κ1) is 16.4. The zero-order valence-corrected chi connectivity index (χ0v) is 13.8. The average molecular weight is 382 g/mol. The minimum atomic E-state index is 0. The summed E-state index contributed by atoms with van der Waals surface area (Å²) in [6.07, 6.45) is 1.80. The van der Waals surface area contributed by atoms with Gasteiger partial charge in [-0.25, -0.2) is 4.99 Å². The molecule has 0 atom stereocenters. The van der Waals surface area contributed by atoms with Crippen molar-refractivity contribution in [2.45, 2.75) is 13.5 Å². The largest absolute Gasteiger partial charge is 0.370 e. The van der Waals surface area contributed by atoms with Crippen molar-refractivity contribution in [3.8, 4) is 0 Å². The Morgan fingerprint density at radius 2 is 2.10 bits per heavy atom. The van der Waals surface area contributed by atoms with Gasteiger partial charge in [-0.05, 0) is 24.6 Å². The van der Waals surface area contributed by atoms with E-state index < -0.39 is 0 Å². The Hall–Kier alpha value is -1.63. The van der Waals surface area contributed by atoms with E-state index in [2.05, 4.69) is 21.9 Å². The highest BCUT2D eigenvalue weighted by Gasteiger charge is 2.00. The van der Waals surface area contributed by atoms with E-state index in [0.717, 1.165) is 22.0 Å². The Morgan fingerprint density at radius 1 is 1.35 bits per heavy atom. The molecule has 0 saturated carbocycles. The van der Waals surface area contributed by atoms with Crippen molar-refractivity contribution in [1.29, 1.82) is 0 Å². The van der Waals surface area contributed by atoms with Crippen LogP contribution < -0.4 is 11.1 Å². The van der Waals surface area contributed by atoms with E-state index in [0.29, 0.717) is 19.0 Å². The van der Waals surface area contributed by atoms with Crippen molar-refractivity contribution in [3.63, 3.8) is 0 Å². The third kappa shape index (κ3) is 4.48. The number of pyridine rings is 1. The molecule has 0 radical (unpaired) electrons. The maximum absolute atomic E-state index is 5.80. The molecule has 1 heterocycles. The molecule has 3 N–H and O–H groups in total. The molecule has 2 rings (SSSR count). The number of nitrogens with zero attached hydrogens (tertiary/aromatic N) is 2. The minimum absolute atomic E-state index is 0. The second-order valence-corrected chi connectivity index (χ2v) is 4.50. The molecular formula is C15H19IN4. The van der Waals surface area contributed by atoms with Crippen LogP contribution in [0.25, 0.3) is 10.9 Å². The molecule has 0 bridgehead atoms. The molecule has 0 aliphatic carbocycles. The molecule has 20 heavy (non-hydrogen) atoms. The Morgan fingerprint density at radius 3 is 2.85 bits per heavy atom. The first-order chi connectivity index (χ1) is 9.16. The SMILES string of the molecule is C=C(C)CNC(N)=NCc1ccnc2ccccc12.I. The lowest BCUT2D eigenvalue weighted by Gasteiger charge is -2.06. The Balaban J connectivity index is 0.00000200. The monoisotopic (exact) mass is 382 g/mol. The smallest absolute Gasteiger partial charge is 0.189 e. The molecule has 1 aromatic heterocycles. The fourth-order valence-corrected chi connectivity index (χ4v) is 1.76. The number of nitrogens with one attached hydrogen (secondary N) is 1. The highest BCUT2D eigenvalue weighted by atomic mass is 127. The molecule has 0 saturated heterocycles. The van der Waals surface area contributed by atoms with Crippen LogP contribution in [0, 0.1) is 0 Å². The van der Waals surface area contributed by atoms with Crippen molar-refractivity contribution >= 4 is 40.8 Å². The first-order valence-corrected chi connectivity index (χ1v) is 6.17. The normalized spacial score (nSPS) is 10.9. The van der Waals surface area contributed by atoms with E-state index in [1.54, 1.807) is 6.20 Å². The number of hydrogen-bond acceptors (Lipinski definition) is 2. The van der Waals surface area contributed by atoms with Crippen molar-refractivity contribution in [2.75, 3.05) is 6.54 Å². The molecule has 0 aliphatic rings. The van der Waals surface area contributed by atoms with Gasteiger partial charge >= 0.3 is 0 Å². The minimum Gasteiger partial charge on any atom is -0.370 e. The fraction of sp³-hybridized carbons (Fsp3) is 0.200. The summed E-state index contributed by atoms with van der Waals surface area (Å²) in [5.41, 5.74) is 8.91. The van der Waals surface area contributed by atoms with Gasteiger partial charge in [0.15, 0.2) is 5.96 Å². The van der Waals surface area contributed by atoms with Crippen LogP contribution in [0.4, 0.5) is 0 Å². The molecule has 1 aromatic carbocycles. The summed E-state index contributed by atoms with van der Waals surface area (Å²) < 4.78 is 0. The molecule has 5 heteroatoms. The van der Waals surface area contributed by atoms with Crippen LogP contribution in [0.1, 0.15) is 12.5 Å². The molecule has 0 amide bonds. The van der Waals surface area contributed by atoms with Gasteiger partial charge in [0.05, 0.1) is 12.1 Å². The number of halogens is 1. The fourth-order valence-electron chi connectivity index (χ4n) is 1.76. The van der Waals surface area contributed by atoms with Crippen LogP contribution in [-0.2, 0) is 6.54 Å². The van der Waals surface area contributed by atoms with Gasteiger partial charge < -0.3 is 11.1 Å². The van der Waals surface area contributed by atoms with Gasteiger partial charge in [0.1, 0.15) is 0 Å². The summed E-state index contributed by atoms with van der Waals surface area (Å²) in [6, 6.07) is 9.98. The van der Waals surface area contributed by atoms with Crippen LogP contribution in [0.3, 0.4) is 0 Å². The maximum atomic E-state index is 5.80. The van der Waals surface area contributed by atoms with Gasteiger partial charge in [0.2, 0.25) is 0 Å². The summed E-state index contributed by atoms with van der Waals surface area (Å²) >= 11 is 0. The number of aliphatic imine (C=N–C) groups is 1. The van der Waals surface area contributed by atoms with Crippen molar-refractivity contribution in [1.82, 2.24) is 10.3 Å². The Bertz CT molecular complexity index is 617. The van der Waals surface area contributed by atoms with Crippen LogP contribution in [0.15, 0.2) is 53.7 Å². The maximum Gasteiger partial charge on any atom is 0.189 e. The Labute approximate surface area is 136 Å². The standard InChI is InChI=1S/C15H18N4.HI/c1-11(2)9-18-15(16)19-10-12-7-8-17-14-6-4-3-5-13(12)14;/h3-8H,1,9-10H2,2H3,(H3,16,18,19);1H. The predicted molar refractivity (Wildman–Crippen MR) is 95.3 cm³/mol. The lowest BCUT2D eigenvalue weighted by Crippen LogP contribution is -2.32. The zero-order valence-electron chi connectivity index (χ0n) is 11.5. The van der Waals surface area contributed by atoms with E-state index in [1.165, 1.54) is 0 Å². The molecule has 0 aliphatic heterocycles. The molecule has 2 aromatic rings. The first-order valence-electron chi connectivity index (χ1n) is 6.17. The van der Waals surface area contributed by atoms with Gasteiger partial charge in [0, 0.05) is 18.1 Å². The van der Waals surface area contributed by atoms with Crippen LogP contribution in [0.5, 0.6) is 0 Å². The summed E-state index contributed by atoms with van der Waals surface area (Å²) in [6.45, 7) is 6.93. The molecule has 106 valence electrons. The summed E-state index contributed by atoms with van der Waals surface area (Å²) in [7, 11) is 0. The van der Waals surface area contributed by atoms with Gasteiger partial charge in [-0.1, -0.05) is 30.4 Å². The lowest BCUT2D eigenvalue weighted by molar-refractivity contribution is 0.942.